The molecule has 82 valence electrons. The minimum atomic E-state index is 0.264. The van der Waals surface area contributed by atoms with Crippen LogP contribution in [0.15, 0.2) is 0 Å². The van der Waals surface area contributed by atoms with Gasteiger partial charge in [0, 0.05) is 26.2 Å². The molecule has 0 aromatic carbocycles. The first kappa shape index (κ1) is 10.7. The van der Waals surface area contributed by atoms with Crippen molar-refractivity contribution in [1.29, 1.82) is 0 Å². The second-order valence-electron chi connectivity index (χ2n) is 5.29. The Morgan fingerprint density at radius 1 is 1.50 bits per heavy atom. The Morgan fingerprint density at radius 3 is 2.79 bits per heavy atom. The molecule has 0 bridgehead atoms. The van der Waals surface area contributed by atoms with Gasteiger partial charge in [-0.05, 0) is 18.3 Å². The van der Waals surface area contributed by atoms with E-state index in [2.05, 4.69) is 18.7 Å². The molecule has 0 aliphatic carbocycles. The monoisotopic (exact) mass is 217 g/mol. The van der Waals surface area contributed by atoms with Crippen LogP contribution in [0.2, 0.25) is 0 Å². The first-order valence-corrected chi connectivity index (χ1v) is 5.99. The molecule has 2 atom stereocenters. The summed E-state index contributed by atoms with van der Waals surface area (Å²) in [5.74, 6) is 0. The SMILES string of the molecule is CC1(C)CN(CC2CCCO2)CC1Cl. The Bertz CT molecular complexity index is 201. The van der Waals surface area contributed by atoms with Crippen molar-refractivity contribution in [3.05, 3.63) is 0 Å². The molecule has 0 N–H and O–H groups in total. The number of hydrogen-bond donors (Lipinski definition) is 0. The Morgan fingerprint density at radius 2 is 2.29 bits per heavy atom. The summed E-state index contributed by atoms with van der Waals surface area (Å²) in [6.07, 6.45) is 2.92. The largest absolute Gasteiger partial charge is 0.377 e. The summed E-state index contributed by atoms with van der Waals surface area (Å²) in [6, 6.07) is 0. The van der Waals surface area contributed by atoms with E-state index in [0.717, 1.165) is 26.2 Å². The molecule has 2 unspecified atom stereocenters. The lowest BCUT2D eigenvalue weighted by Gasteiger charge is -2.22. The first-order valence-electron chi connectivity index (χ1n) is 5.56. The molecule has 2 saturated heterocycles. The van der Waals surface area contributed by atoms with Crippen molar-refractivity contribution < 1.29 is 4.74 Å². The Kier molecular flexibility index (Phi) is 3.06. The molecule has 2 heterocycles. The van der Waals surface area contributed by atoms with Gasteiger partial charge in [0.05, 0.1) is 11.5 Å². The summed E-state index contributed by atoms with van der Waals surface area (Å²) in [7, 11) is 0. The van der Waals surface area contributed by atoms with Crippen LogP contribution in [-0.4, -0.2) is 42.6 Å². The molecule has 3 heteroatoms. The minimum Gasteiger partial charge on any atom is -0.377 e. The maximum absolute atomic E-state index is 6.30. The van der Waals surface area contributed by atoms with Gasteiger partial charge in [0.2, 0.25) is 0 Å². The summed E-state index contributed by atoms with van der Waals surface area (Å²) < 4.78 is 5.63. The van der Waals surface area contributed by atoms with Gasteiger partial charge in [-0.25, -0.2) is 0 Å². The van der Waals surface area contributed by atoms with Crippen LogP contribution < -0.4 is 0 Å². The normalized spacial score (nSPS) is 37.9. The lowest BCUT2D eigenvalue weighted by molar-refractivity contribution is 0.0779. The van der Waals surface area contributed by atoms with Crippen molar-refractivity contribution in [3.8, 4) is 0 Å². The molecule has 2 rings (SSSR count). The smallest absolute Gasteiger partial charge is 0.0702 e. The molecule has 0 saturated carbocycles. The van der Waals surface area contributed by atoms with Crippen LogP contribution in [0.5, 0.6) is 0 Å². The van der Waals surface area contributed by atoms with Gasteiger partial charge in [-0.2, -0.15) is 0 Å². The van der Waals surface area contributed by atoms with E-state index in [1.807, 2.05) is 0 Å². The number of likely N-dealkylation sites (tertiary alicyclic amines) is 1. The Labute approximate surface area is 91.6 Å². The summed E-state index contributed by atoms with van der Waals surface area (Å²) in [5, 5.41) is 0.295. The molecule has 2 aliphatic heterocycles. The lowest BCUT2D eigenvalue weighted by Crippen LogP contribution is -2.31. The lowest BCUT2D eigenvalue weighted by atomic mass is 9.92. The van der Waals surface area contributed by atoms with Crippen LogP contribution >= 0.6 is 11.6 Å². The number of ether oxygens (including phenoxy) is 1. The third-order valence-corrected chi connectivity index (χ3v) is 4.11. The highest BCUT2D eigenvalue weighted by atomic mass is 35.5. The molecule has 0 aromatic heterocycles. The van der Waals surface area contributed by atoms with Crippen LogP contribution in [0.4, 0.5) is 0 Å². The predicted octanol–water partition coefficient (Wildman–Crippen LogP) is 2.11. The van der Waals surface area contributed by atoms with Gasteiger partial charge in [-0.3, -0.25) is 4.90 Å². The van der Waals surface area contributed by atoms with E-state index in [0.29, 0.717) is 11.5 Å². The Hall–Kier alpha value is 0.210. The van der Waals surface area contributed by atoms with Crippen molar-refractivity contribution >= 4 is 11.6 Å². The molecule has 2 nitrogen and oxygen atoms in total. The van der Waals surface area contributed by atoms with Gasteiger partial charge in [-0.15, -0.1) is 11.6 Å². The van der Waals surface area contributed by atoms with Crippen molar-refractivity contribution in [1.82, 2.24) is 4.90 Å². The molecule has 0 aromatic rings. The minimum absolute atomic E-state index is 0.264. The van der Waals surface area contributed by atoms with Gasteiger partial charge in [0.1, 0.15) is 0 Å². The van der Waals surface area contributed by atoms with Crippen LogP contribution in [0.3, 0.4) is 0 Å². The molecular weight excluding hydrogens is 198 g/mol. The van der Waals surface area contributed by atoms with Crippen LogP contribution in [0, 0.1) is 5.41 Å². The molecular formula is C11H20ClNO. The topological polar surface area (TPSA) is 12.5 Å². The quantitative estimate of drug-likeness (QED) is 0.657. The molecule has 2 fully saturated rings. The molecule has 2 aliphatic rings. The zero-order valence-corrected chi connectivity index (χ0v) is 9.89. The van der Waals surface area contributed by atoms with Crippen molar-refractivity contribution in [3.63, 3.8) is 0 Å². The fourth-order valence-electron chi connectivity index (χ4n) is 2.43. The maximum atomic E-state index is 6.30. The number of nitrogens with zero attached hydrogens (tertiary/aromatic N) is 1. The first-order chi connectivity index (χ1) is 6.58. The summed E-state index contributed by atoms with van der Waals surface area (Å²) in [6.45, 7) is 8.66. The number of alkyl halides is 1. The number of hydrogen-bond acceptors (Lipinski definition) is 2. The number of rotatable bonds is 2. The fraction of sp³-hybridized carbons (Fsp3) is 1.00. The predicted molar refractivity (Wildman–Crippen MR) is 58.8 cm³/mol. The van der Waals surface area contributed by atoms with Gasteiger partial charge in [0.25, 0.3) is 0 Å². The highest BCUT2D eigenvalue weighted by molar-refractivity contribution is 6.21. The molecule has 0 amide bonds. The maximum Gasteiger partial charge on any atom is 0.0702 e. The zero-order chi connectivity index (χ0) is 10.2. The zero-order valence-electron chi connectivity index (χ0n) is 9.13. The van der Waals surface area contributed by atoms with Crippen molar-refractivity contribution in [2.45, 2.75) is 38.2 Å². The standard InChI is InChI=1S/C11H20ClNO/c1-11(2)8-13(7-10(11)12)6-9-4-3-5-14-9/h9-10H,3-8H2,1-2H3. The van der Waals surface area contributed by atoms with E-state index < -0.39 is 0 Å². The number of halogens is 1. The average Bonchev–Trinajstić information content (AvgIpc) is 2.62. The van der Waals surface area contributed by atoms with Crippen LogP contribution in [0.25, 0.3) is 0 Å². The molecule has 14 heavy (non-hydrogen) atoms. The van der Waals surface area contributed by atoms with E-state index in [-0.39, 0.29) is 5.41 Å². The van der Waals surface area contributed by atoms with Gasteiger partial charge >= 0.3 is 0 Å². The van der Waals surface area contributed by atoms with Gasteiger partial charge in [0.15, 0.2) is 0 Å². The summed E-state index contributed by atoms with van der Waals surface area (Å²) in [4.78, 5) is 2.45. The highest BCUT2D eigenvalue weighted by Gasteiger charge is 2.38. The van der Waals surface area contributed by atoms with E-state index in [4.69, 9.17) is 16.3 Å². The van der Waals surface area contributed by atoms with Gasteiger partial charge in [-0.1, -0.05) is 13.8 Å². The molecule has 0 spiro atoms. The van der Waals surface area contributed by atoms with E-state index in [9.17, 15) is 0 Å². The van der Waals surface area contributed by atoms with E-state index >= 15 is 0 Å². The second-order valence-corrected chi connectivity index (χ2v) is 5.81. The summed E-state index contributed by atoms with van der Waals surface area (Å²) in [5.41, 5.74) is 0.264. The van der Waals surface area contributed by atoms with Crippen molar-refractivity contribution in [2.24, 2.45) is 5.41 Å². The van der Waals surface area contributed by atoms with Crippen LogP contribution in [-0.2, 0) is 4.74 Å². The third-order valence-electron chi connectivity index (χ3n) is 3.38. The summed E-state index contributed by atoms with van der Waals surface area (Å²) >= 11 is 6.30. The van der Waals surface area contributed by atoms with Crippen LogP contribution in [0.1, 0.15) is 26.7 Å². The average molecular weight is 218 g/mol. The van der Waals surface area contributed by atoms with E-state index in [1.165, 1.54) is 12.8 Å². The highest BCUT2D eigenvalue weighted by Crippen LogP contribution is 2.34. The Balaban J connectivity index is 1.83. The van der Waals surface area contributed by atoms with Crippen molar-refractivity contribution in [2.75, 3.05) is 26.2 Å². The van der Waals surface area contributed by atoms with E-state index in [1.54, 1.807) is 0 Å². The second kappa shape index (κ2) is 3.99. The molecule has 0 radical (unpaired) electrons. The third kappa shape index (κ3) is 2.23. The fourth-order valence-corrected chi connectivity index (χ4v) is 2.69. The van der Waals surface area contributed by atoms with Gasteiger partial charge < -0.3 is 4.74 Å².